The van der Waals surface area contributed by atoms with Gasteiger partial charge in [-0.15, -0.1) is 0 Å². The molecule has 36 heavy (non-hydrogen) atoms. The first-order valence-corrected chi connectivity index (χ1v) is 11.8. The summed E-state index contributed by atoms with van der Waals surface area (Å²) in [5, 5.41) is 3.87. The molecule has 0 spiro atoms. The van der Waals surface area contributed by atoms with Crippen LogP contribution >= 0.6 is 0 Å². The van der Waals surface area contributed by atoms with Gasteiger partial charge >= 0.3 is 5.76 Å². The monoisotopic (exact) mass is 482 g/mol. The van der Waals surface area contributed by atoms with Gasteiger partial charge in [-0.25, -0.2) is 14.2 Å². The zero-order valence-electron chi connectivity index (χ0n) is 19.8. The summed E-state index contributed by atoms with van der Waals surface area (Å²) in [5.74, 6) is 0.758. The fraction of sp³-hybridized carbons (Fsp3) is 0.179. The minimum absolute atomic E-state index is 0.275. The van der Waals surface area contributed by atoms with Crippen LogP contribution < -0.4 is 10.5 Å². The van der Waals surface area contributed by atoms with Gasteiger partial charge in [0.25, 0.3) is 0 Å². The van der Waals surface area contributed by atoms with Crippen molar-refractivity contribution in [2.75, 3.05) is 0 Å². The highest BCUT2D eigenvalue weighted by Gasteiger charge is 2.24. The van der Waals surface area contributed by atoms with Crippen LogP contribution in [0.4, 0.5) is 4.39 Å². The Morgan fingerprint density at radius 2 is 1.94 bits per heavy atom. The molecule has 0 saturated heterocycles. The Labute approximate surface area is 205 Å². The van der Waals surface area contributed by atoms with Gasteiger partial charge in [-0.3, -0.25) is 9.51 Å². The summed E-state index contributed by atoms with van der Waals surface area (Å²) in [7, 11) is 0. The standard InChI is InChI=1S/C28H23FN4O3/c1-3-25-30-22-6-4-5-7-23(22)33(25)14-17-8-10-20-18(12-17)15-35-24-13-19(29)9-11-21(24)26(20)16(2)27-31-28(34)36-32-27/h4-13H,3,14-15H2,1-2H3,(H,31,32,34)/b26-16-. The van der Waals surface area contributed by atoms with Crippen LogP contribution in [0.1, 0.15) is 47.8 Å². The number of benzene rings is 3. The average molecular weight is 483 g/mol. The first-order chi connectivity index (χ1) is 17.5. The Balaban J connectivity index is 1.49. The van der Waals surface area contributed by atoms with Crippen molar-refractivity contribution in [3.8, 4) is 5.75 Å². The first kappa shape index (κ1) is 22.0. The Morgan fingerprint density at radius 3 is 2.75 bits per heavy atom. The van der Waals surface area contributed by atoms with E-state index in [2.05, 4.69) is 39.8 Å². The van der Waals surface area contributed by atoms with Crippen LogP contribution in [0.2, 0.25) is 0 Å². The van der Waals surface area contributed by atoms with E-state index in [0.717, 1.165) is 51.1 Å². The summed E-state index contributed by atoms with van der Waals surface area (Å²) in [6, 6.07) is 18.9. The molecule has 0 atom stereocenters. The lowest BCUT2D eigenvalue weighted by molar-refractivity contribution is 0.305. The van der Waals surface area contributed by atoms with Gasteiger partial charge in [-0.2, -0.15) is 0 Å². The molecule has 5 aromatic rings. The Bertz CT molecular complexity index is 1710. The molecule has 0 aliphatic carbocycles. The molecule has 8 heteroatoms. The molecule has 0 fully saturated rings. The maximum Gasteiger partial charge on any atom is 0.439 e. The molecular weight excluding hydrogens is 459 g/mol. The number of allylic oxidation sites excluding steroid dienone is 1. The van der Waals surface area contributed by atoms with Gasteiger partial charge in [0.2, 0.25) is 0 Å². The molecule has 0 bridgehead atoms. The molecule has 6 rings (SSSR count). The van der Waals surface area contributed by atoms with E-state index in [-0.39, 0.29) is 12.4 Å². The predicted molar refractivity (Wildman–Crippen MR) is 134 cm³/mol. The van der Waals surface area contributed by atoms with E-state index >= 15 is 0 Å². The second-order valence-corrected chi connectivity index (χ2v) is 8.82. The maximum atomic E-state index is 14.1. The number of fused-ring (bicyclic) bond motifs is 3. The van der Waals surface area contributed by atoms with Gasteiger partial charge in [0, 0.05) is 30.2 Å². The maximum absolute atomic E-state index is 14.1. The molecule has 2 aromatic heterocycles. The van der Waals surface area contributed by atoms with Crippen molar-refractivity contribution >= 4 is 22.2 Å². The highest BCUT2D eigenvalue weighted by molar-refractivity contribution is 5.99. The molecule has 7 nitrogen and oxygen atoms in total. The van der Waals surface area contributed by atoms with Crippen molar-refractivity contribution in [3.05, 3.63) is 111 Å². The van der Waals surface area contributed by atoms with E-state index in [9.17, 15) is 9.18 Å². The van der Waals surface area contributed by atoms with Gasteiger partial charge in [0.15, 0.2) is 5.82 Å². The number of ether oxygens (including phenoxy) is 1. The summed E-state index contributed by atoms with van der Waals surface area (Å²) in [6.07, 6.45) is 0.825. The van der Waals surface area contributed by atoms with Crippen LogP contribution in [0.15, 0.2) is 70.0 Å². The third-order valence-electron chi connectivity index (χ3n) is 6.60. The van der Waals surface area contributed by atoms with E-state index in [0.29, 0.717) is 23.7 Å². The SMILES string of the molecule is CCc1nc2ccccc2n1Cc1ccc2c(c1)COc1cc(F)ccc1/C2=C(/C)c1noc(=O)[nH]1. The fourth-order valence-electron chi connectivity index (χ4n) is 4.90. The van der Waals surface area contributed by atoms with Gasteiger partial charge in [0.05, 0.1) is 11.0 Å². The number of para-hydroxylation sites is 2. The molecule has 0 unspecified atom stereocenters. The largest absolute Gasteiger partial charge is 0.488 e. The quantitative estimate of drug-likeness (QED) is 0.374. The van der Waals surface area contributed by atoms with Crippen LogP contribution in [0.25, 0.3) is 22.2 Å². The Morgan fingerprint density at radius 1 is 1.11 bits per heavy atom. The third-order valence-corrected chi connectivity index (χ3v) is 6.60. The molecule has 3 heterocycles. The number of H-pyrrole nitrogens is 1. The lowest BCUT2D eigenvalue weighted by Gasteiger charge is -2.15. The number of rotatable bonds is 4. The van der Waals surface area contributed by atoms with Crippen LogP contribution in [0.3, 0.4) is 0 Å². The summed E-state index contributed by atoms with van der Waals surface area (Å²) >= 11 is 0. The van der Waals surface area contributed by atoms with E-state index in [1.165, 1.54) is 12.1 Å². The van der Waals surface area contributed by atoms with E-state index in [4.69, 9.17) is 14.2 Å². The zero-order chi connectivity index (χ0) is 24.8. The topological polar surface area (TPSA) is 85.9 Å². The average Bonchev–Trinajstić information content (AvgIpc) is 3.43. The molecule has 180 valence electrons. The normalized spacial score (nSPS) is 14.2. The minimum Gasteiger partial charge on any atom is -0.488 e. The Hall–Kier alpha value is -4.46. The molecule has 0 saturated carbocycles. The van der Waals surface area contributed by atoms with Crippen molar-refractivity contribution in [3.63, 3.8) is 0 Å². The first-order valence-electron chi connectivity index (χ1n) is 11.8. The number of hydrogen-bond donors (Lipinski definition) is 1. The summed E-state index contributed by atoms with van der Waals surface area (Å²) < 4.78 is 27.2. The van der Waals surface area contributed by atoms with Gasteiger partial charge in [0.1, 0.15) is 24.0 Å². The lowest BCUT2D eigenvalue weighted by atomic mass is 9.89. The molecule has 1 aliphatic heterocycles. The van der Waals surface area contributed by atoms with Gasteiger partial charge in [-0.1, -0.05) is 36.3 Å². The van der Waals surface area contributed by atoms with E-state index in [1.807, 2.05) is 31.2 Å². The van der Waals surface area contributed by atoms with Crippen LogP contribution in [0.5, 0.6) is 5.75 Å². The molecule has 3 aromatic carbocycles. The fourth-order valence-corrected chi connectivity index (χ4v) is 4.90. The smallest absolute Gasteiger partial charge is 0.439 e. The number of nitrogens with one attached hydrogen (secondary N) is 1. The summed E-state index contributed by atoms with van der Waals surface area (Å²) in [4.78, 5) is 19.0. The highest BCUT2D eigenvalue weighted by Crippen LogP contribution is 2.41. The number of aromatic nitrogens is 4. The van der Waals surface area contributed by atoms with Crippen LogP contribution in [0, 0.1) is 5.82 Å². The minimum atomic E-state index is -0.635. The second-order valence-electron chi connectivity index (χ2n) is 8.82. The third kappa shape index (κ3) is 3.71. The molecule has 0 radical (unpaired) electrons. The highest BCUT2D eigenvalue weighted by atomic mass is 19.1. The van der Waals surface area contributed by atoms with Crippen LogP contribution in [-0.4, -0.2) is 19.7 Å². The van der Waals surface area contributed by atoms with Crippen molar-refractivity contribution < 1.29 is 13.7 Å². The van der Waals surface area contributed by atoms with Gasteiger partial charge < -0.3 is 9.30 Å². The van der Waals surface area contributed by atoms with Crippen LogP contribution in [-0.2, 0) is 19.6 Å². The number of aromatic amines is 1. The number of halogens is 1. The van der Waals surface area contributed by atoms with E-state index in [1.54, 1.807) is 6.07 Å². The van der Waals surface area contributed by atoms with Crippen molar-refractivity contribution in [2.45, 2.75) is 33.4 Å². The lowest BCUT2D eigenvalue weighted by Crippen LogP contribution is -2.06. The summed E-state index contributed by atoms with van der Waals surface area (Å²) in [5.41, 5.74) is 7.26. The van der Waals surface area contributed by atoms with Crippen molar-refractivity contribution in [2.24, 2.45) is 0 Å². The number of hydrogen-bond acceptors (Lipinski definition) is 5. The Kier molecular flexibility index (Phi) is 5.29. The second kappa shape index (κ2) is 8.64. The van der Waals surface area contributed by atoms with Gasteiger partial charge in [-0.05, 0) is 59.5 Å². The molecular formula is C28H23FN4O3. The molecule has 1 N–H and O–H groups in total. The molecule has 1 aliphatic rings. The van der Waals surface area contributed by atoms with Crippen molar-refractivity contribution in [1.82, 2.24) is 19.7 Å². The number of nitrogens with zero attached hydrogens (tertiary/aromatic N) is 3. The van der Waals surface area contributed by atoms with Crippen molar-refractivity contribution in [1.29, 1.82) is 0 Å². The number of aryl methyl sites for hydroxylation is 1. The summed E-state index contributed by atoms with van der Waals surface area (Å²) in [6.45, 7) is 4.89. The predicted octanol–water partition coefficient (Wildman–Crippen LogP) is 5.33. The molecule has 0 amide bonds. The number of imidazole rings is 1. The zero-order valence-corrected chi connectivity index (χ0v) is 19.8. The van der Waals surface area contributed by atoms with E-state index < -0.39 is 5.76 Å².